The van der Waals surface area contributed by atoms with E-state index in [1.807, 2.05) is 6.08 Å². The zero-order valence-corrected chi connectivity index (χ0v) is 44.2. The van der Waals surface area contributed by atoms with Gasteiger partial charge in [0.15, 0.2) is 6.29 Å². The van der Waals surface area contributed by atoms with Crippen LogP contribution in [0.25, 0.3) is 0 Å². The molecule has 1 heterocycles. The lowest BCUT2D eigenvalue weighted by Crippen LogP contribution is -2.60. The lowest BCUT2D eigenvalue weighted by Gasteiger charge is -2.40. The third kappa shape index (κ3) is 37.8. The highest BCUT2D eigenvalue weighted by Gasteiger charge is 2.44. The summed E-state index contributed by atoms with van der Waals surface area (Å²) in [6.45, 7) is 4.11. The van der Waals surface area contributed by atoms with Crippen molar-refractivity contribution in [2.45, 2.75) is 269 Å². The summed E-state index contributed by atoms with van der Waals surface area (Å²) in [6.07, 6.45) is 52.9. The molecule has 0 bridgehead atoms. The second-order valence-corrected chi connectivity index (χ2v) is 19.3. The minimum atomic E-state index is -1.58. The molecule has 404 valence electrons. The molecule has 0 aromatic carbocycles. The second kappa shape index (κ2) is 48.4. The van der Waals surface area contributed by atoms with Crippen molar-refractivity contribution >= 4 is 11.9 Å². The maximum absolute atomic E-state index is 13.0. The van der Waals surface area contributed by atoms with Crippen LogP contribution in [0.4, 0.5) is 0 Å². The quantitative estimate of drug-likeness (QED) is 0.0149. The minimum absolute atomic E-state index is 0.0399. The first-order valence-corrected chi connectivity index (χ1v) is 28.2. The van der Waals surface area contributed by atoms with Crippen molar-refractivity contribution in [3.05, 3.63) is 72.9 Å². The van der Waals surface area contributed by atoms with Crippen LogP contribution in [0, 0.1) is 0 Å². The highest BCUT2D eigenvalue weighted by molar-refractivity contribution is 5.76. The average Bonchev–Trinajstić information content (AvgIpc) is 3.36. The van der Waals surface area contributed by atoms with Crippen LogP contribution >= 0.6 is 0 Å². The highest BCUT2D eigenvalue weighted by Crippen LogP contribution is 2.23. The molecule has 6 N–H and O–H groups in total. The Labute approximate surface area is 426 Å². The first-order chi connectivity index (χ1) is 34.2. The van der Waals surface area contributed by atoms with Gasteiger partial charge in [0.1, 0.15) is 24.4 Å². The maximum atomic E-state index is 13.0. The number of carbonyl (C=O) groups is 2. The van der Waals surface area contributed by atoms with Crippen LogP contribution in [0.15, 0.2) is 72.9 Å². The molecule has 1 amide bonds. The van der Waals surface area contributed by atoms with E-state index in [2.05, 4.69) is 79.9 Å². The van der Waals surface area contributed by atoms with Crippen molar-refractivity contribution in [1.82, 2.24) is 5.32 Å². The largest absolute Gasteiger partial charge is 0.466 e. The van der Waals surface area contributed by atoms with Gasteiger partial charge in [0, 0.05) is 12.8 Å². The summed E-state index contributed by atoms with van der Waals surface area (Å²) in [7, 11) is 0. The van der Waals surface area contributed by atoms with Crippen molar-refractivity contribution in [2.24, 2.45) is 0 Å². The van der Waals surface area contributed by atoms with Crippen LogP contribution in [0.2, 0.25) is 0 Å². The fourth-order valence-electron chi connectivity index (χ4n) is 8.28. The van der Waals surface area contributed by atoms with Gasteiger partial charge in [0.25, 0.3) is 0 Å². The van der Waals surface area contributed by atoms with E-state index < -0.39 is 49.5 Å². The van der Waals surface area contributed by atoms with Gasteiger partial charge in [-0.1, -0.05) is 177 Å². The van der Waals surface area contributed by atoms with E-state index in [9.17, 15) is 35.1 Å². The number of ether oxygens (including phenoxy) is 3. The van der Waals surface area contributed by atoms with Gasteiger partial charge >= 0.3 is 5.97 Å². The van der Waals surface area contributed by atoms with Crippen LogP contribution in [0.1, 0.15) is 226 Å². The van der Waals surface area contributed by atoms with Gasteiger partial charge < -0.3 is 45.1 Å². The van der Waals surface area contributed by atoms with Crippen LogP contribution < -0.4 is 5.32 Å². The van der Waals surface area contributed by atoms with E-state index in [0.717, 1.165) is 96.3 Å². The Morgan fingerprint density at radius 2 is 1.01 bits per heavy atom. The van der Waals surface area contributed by atoms with Crippen molar-refractivity contribution in [1.29, 1.82) is 0 Å². The standard InChI is InChI=1S/C59H103NO10/c1-3-5-7-9-11-13-15-23-27-31-35-39-43-47-55(64)68-48-44-40-36-32-28-25-22-20-18-16-17-19-21-24-26-30-34-38-42-46-54(63)60-51(50-69-59-58(67)57(66)56(65)53(49-61)70-59)52(62)45-41-37-33-29-14-12-10-8-6-4-2/h6,8,13-15,20,22,25,28-29,41,45,51-53,56-59,61-62,65-67H,3-5,7,9-12,16-19,21,23-24,26-27,30-40,42-44,46-50H2,1-2H3,(H,60,63)/b8-6+,15-13-,22-20-,28-25-,29-14+,45-41+. The zero-order chi connectivity index (χ0) is 51.0. The van der Waals surface area contributed by atoms with Crippen molar-refractivity contribution in [2.75, 3.05) is 19.8 Å². The molecule has 0 spiro atoms. The Bertz CT molecular complexity index is 1390. The van der Waals surface area contributed by atoms with E-state index in [4.69, 9.17) is 14.2 Å². The third-order valence-corrected chi connectivity index (χ3v) is 12.8. The lowest BCUT2D eigenvalue weighted by molar-refractivity contribution is -0.302. The van der Waals surface area contributed by atoms with Gasteiger partial charge in [-0.2, -0.15) is 0 Å². The number of aliphatic hydroxyl groups is 5. The zero-order valence-electron chi connectivity index (χ0n) is 44.2. The van der Waals surface area contributed by atoms with E-state index in [1.54, 1.807) is 6.08 Å². The first kappa shape index (κ1) is 65.1. The molecule has 0 aromatic heterocycles. The van der Waals surface area contributed by atoms with Crippen LogP contribution in [0.3, 0.4) is 0 Å². The normalized spacial score (nSPS) is 19.8. The van der Waals surface area contributed by atoms with Crippen LogP contribution in [-0.2, 0) is 23.8 Å². The molecule has 1 aliphatic heterocycles. The van der Waals surface area contributed by atoms with Gasteiger partial charge in [-0.3, -0.25) is 9.59 Å². The number of carbonyl (C=O) groups excluding carboxylic acids is 2. The second-order valence-electron chi connectivity index (χ2n) is 19.3. The molecule has 0 aliphatic carbocycles. The number of aliphatic hydroxyl groups excluding tert-OH is 5. The van der Waals surface area contributed by atoms with Crippen molar-refractivity contribution < 1.29 is 49.3 Å². The summed E-state index contributed by atoms with van der Waals surface area (Å²) in [4.78, 5) is 25.0. The summed E-state index contributed by atoms with van der Waals surface area (Å²) in [5.41, 5.74) is 0. The summed E-state index contributed by atoms with van der Waals surface area (Å²) in [5.74, 6) is -0.251. The molecule has 11 heteroatoms. The number of hydrogen-bond donors (Lipinski definition) is 6. The topological polar surface area (TPSA) is 175 Å². The predicted octanol–water partition coefficient (Wildman–Crippen LogP) is 12.4. The average molecular weight is 986 g/mol. The van der Waals surface area contributed by atoms with Crippen molar-refractivity contribution in [3.63, 3.8) is 0 Å². The molecule has 7 unspecified atom stereocenters. The SMILES string of the molecule is CC/C=C/CC/C=C/CC/C=C/C(O)C(COC1OC(CO)C(O)C(O)C1O)NC(=O)CCCCCCCCCCCC/C=C\C=C/CCCCCOC(=O)CCCCCCC/C=C\CCCCCC. The Morgan fingerprint density at radius 3 is 1.57 bits per heavy atom. The molecule has 0 radical (unpaired) electrons. The van der Waals surface area contributed by atoms with Gasteiger partial charge in [0.2, 0.25) is 5.91 Å². The molecule has 70 heavy (non-hydrogen) atoms. The van der Waals surface area contributed by atoms with Crippen molar-refractivity contribution in [3.8, 4) is 0 Å². The molecule has 1 rings (SSSR count). The number of rotatable bonds is 47. The number of allylic oxidation sites excluding steroid dienone is 11. The molecule has 1 saturated heterocycles. The minimum Gasteiger partial charge on any atom is -0.466 e. The lowest BCUT2D eigenvalue weighted by atomic mass is 9.99. The smallest absolute Gasteiger partial charge is 0.305 e. The van der Waals surface area contributed by atoms with E-state index in [1.165, 1.54) is 96.3 Å². The molecule has 1 fully saturated rings. The molecular formula is C59H103NO10. The monoisotopic (exact) mass is 986 g/mol. The Kier molecular flexibility index (Phi) is 45.0. The summed E-state index contributed by atoms with van der Waals surface area (Å²) in [6, 6.07) is -0.843. The number of unbranched alkanes of at least 4 members (excludes halogenated alkanes) is 24. The third-order valence-electron chi connectivity index (χ3n) is 12.8. The Hall–Kier alpha value is -2.90. The summed E-state index contributed by atoms with van der Waals surface area (Å²) in [5, 5.41) is 54.1. The van der Waals surface area contributed by atoms with E-state index in [-0.39, 0.29) is 18.5 Å². The first-order valence-electron chi connectivity index (χ1n) is 28.2. The molecule has 0 aromatic rings. The summed E-state index contributed by atoms with van der Waals surface area (Å²) < 4.78 is 16.6. The fourth-order valence-corrected chi connectivity index (χ4v) is 8.28. The maximum Gasteiger partial charge on any atom is 0.305 e. The van der Waals surface area contributed by atoms with Gasteiger partial charge in [0.05, 0.1) is 32.0 Å². The Morgan fingerprint density at radius 1 is 0.543 bits per heavy atom. The molecule has 0 saturated carbocycles. The fraction of sp³-hybridized carbons (Fsp3) is 0.763. The molecule has 11 nitrogen and oxygen atoms in total. The number of esters is 1. The van der Waals surface area contributed by atoms with Gasteiger partial charge in [-0.25, -0.2) is 0 Å². The summed E-state index contributed by atoms with van der Waals surface area (Å²) >= 11 is 0. The predicted molar refractivity (Wildman–Crippen MR) is 287 cm³/mol. The molecule has 1 aliphatic rings. The number of amides is 1. The Balaban J connectivity index is 2.10. The van der Waals surface area contributed by atoms with Gasteiger partial charge in [-0.05, 0) is 109 Å². The van der Waals surface area contributed by atoms with Crippen LogP contribution in [-0.4, -0.2) is 100 Å². The van der Waals surface area contributed by atoms with Crippen LogP contribution in [0.5, 0.6) is 0 Å². The molecule has 7 atom stereocenters. The van der Waals surface area contributed by atoms with Gasteiger partial charge in [-0.15, -0.1) is 0 Å². The van der Waals surface area contributed by atoms with E-state index >= 15 is 0 Å². The number of hydrogen-bond acceptors (Lipinski definition) is 10. The van der Waals surface area contributed by atoms with E-state index in [0.29, 0.717) is 25.9 Å². The molecular weight excluding hydrogens is 883 g/mol. The number of nitrogens with one attached hydrogen (secondary N) is 1. The highest BCUT2D eigenvalue weighted by atomic mass is 16.7.